The molecule has 8 heteroatoms. The Morgan fingerprint density at radius 2 is 1.71 bits per heavy atom. The zero-order chi connectivity index (χ0) is 21.6. The van der Waals surface area contributed by atoms with Gasteiger partial charge in [-0.25, -0.2) is 15.0 Å². The molecule has 1 amide bonds. The number of halogens is 1. The number of hydrogen-bond acceptors (Lipinski definition) is 6. The van der Waals surface area contributed by atoms with Crippen molar-refractivity contribution in [1.82, 2.24) is 15.0 Å². The number of carbonyl (C=O) groups excluding carboxylic acids is 1. The number of benzene rings is 2. The third-order valence-electron chi connectivity index (χ3n) is 4.42. The molecule has 0 aliphatic rings. The lowest BCUT2D eigenvalue weighted by Crippen LogP contribution is -2.11. The minimum absolute atomic E-state index is 0.201. The molecular formula is C23H18FN5OS. The van der Waals surface area contributed by atoms with Gasteiger partial charge < -0.3 is 10.6 Å². The van der Waals surface area contributed by atoms with Crippen LogP contribution in [0.2, 0.25) is 0 Å². The van der Waals surface area contributed by atoms with Crippen LogP contribution < -0.4 is 10.6 Å². The molecule has 0 saturated heterocycles. The summed E-state index contributed by atoms with van der Waals surface area (Å²) in [5, 5.41) is 5.94. The highest BCUT2D eigenvalue weighted by atomic mass is 32.2. The number of thioether (sulfide) groups is 1. The van der Waals surface area contributed by atoms with Crippen LogP contribution in [0.5, 0.6) is 0 Å². The van der Waals surface area contributed by atoms with Crippen LogP contribution in [0.4, 0.5) is 21.7 Å². The molecule has 0 unspecified atom stereocenters. The molecule has 2 aromatic heterocycles. The summed E-state index contributed by atoms with van der Waals surface area (Å²) in [7, 11) is 0. The summed E-state index contributed by atoms with van der Waals surface area (Å²) >= 11 is 1.43. The predicted octanol–water partition coefficient (Wildman–Crippen LogP) is 5.40. The first-order valence-electron chi connectivity index (χ1n) is 9.39. The van der Waals surface area contributed by atoms with Crippen LogP contribution in [0.25, 0.3) is 11.3 Å². The van der Waals surface area contributed by atoms with Crippen LogP contribution >= 0.6 is 11.8 Å². The van der Waals surface area contributed by atoms with E-state index in [0.717, 1.165) is 10.6 Å². The van der Waals surface area contributed by atoms with Crippen LogP contribution in [0.3, 0.4) is 0 Å². The molecule has 154 valence electrons. The molecule has 0 bridgehead atoms. The van der Waals surface area contributed by atoms with Gasteiger partial charge in [0.05, 0.1) is 16.2 Å². The molecule has 0 fully saturated rings. The fraction of sp³-hybridized carbons (Fsp3) is 0.0435. The lowest BCUT2D eigenvalue weighted by molar-refractivity contribution is 0.102. The van der Waals surface area contributed by atoms with Crippen molar-refractivity contribution in [2.75, 3.05) is 16.9 Å². The monoisotopic (exact) mass is 431 g/mol. The van der Waals surface area contributed by atoms with Gasteiger partial charge in [0.15, 0.2) is 0 Å². The number of hydrogen-bond donors (Lipinski definition) is 2. The third kappa shape index (κ3) is 4.87. The fourth-order valence-electron chi connectivity index (χ4n) is 2.89. The molecule has 2 N–H and O–H groups in total. The van der Waals surface area contributed by atoms with E-state index in [1.807, 2.05) is 36.6 Å². The van der Waals surface area contributed by atoms with E-state index < -0.39 is 5.95 Å². The van der Waals surface area contributed by atoms with E-state index in [0.29, 0.717) is 28.5 Å². The van der Waals surface area contributed by atoms with Gasteiger partial charge in [0.1, 0.15) is 0 Å². The van der Waals surface area contributed by atoms with E-state index in [-0.39, 0.29) is 5.91 Å². The van der Waals surface area contributed by atoms with Gasteiger partial charge in [-0.1, -0.05) is 18.2 Å². The molecule has 4 aromatic rings. The number of carbonyl (C=O) groups is 1. The quantitative estimate of drug-likeness (QED) is 0.315. The normalized spacial score (nSPS) is 10.5. The van der Waals surface area contributed by atoms with Crippen molar-refractivity contribution >= 4 is 35.0 Å². The van der Waals surface area contributed by atoms with Gasteiger partial charge in [-0.15, -0.1) is 11.8 Å². The van der Waals surface area contributed by atoms with Crippen molar-refractivity contribution in [1.29, 1.82) is 0 Å². The zero-order valence-electron chi connectivity index (χ0n) is 16.5. The van der Waals surface area contributed by atoms with Crippen LogP contribution in [0, 0.1) is 5.95 Å². The first-order chi connectivity index (χ1) is 15.1. The Balaban J connectivity index is 1.52. The summed E-state index contributed by atoms with van der Waals surface area (Å²) in [5.41, 5.74) is 2.73. The number of nitrogens with one attached hydrogen (secondary N) is 2. The van der Waals surface area contributed by atoms with E-state index in [2.05, 4.69) is 25.6 Å². The highest BCUT2D eigenvalue weighted by Gasteiger charge is 2.14. The molecule has 4 rings (SSSR count). The summed E-state index contributed by atoms with van der Waals surface area (Å²) in [5.74, 6) is -0.471. The van der Waals surface area contributed by atoms with Gasteiger partial charge in [0.2, 0.25) is 11.9 Å². The Hall–Kier alpha value is -3.78. The number of aromatic nitrogens is 3. The molecule has 6 nitrogen and oxygen atoms in total. The van der Waals surface area contributed by atoms with Crippen LogP contribution in [-0.2, 0) is 0 Å². The second-order valence-corrected chi connectivity index (χ2v) is 7.32. The van der Waals surface area contributed by atoms with Crippen molar-refractivity contribution in [3.63, 3.8) is 0 Å². The standard InChI is InChI=1S/C23H18FN5OS/c1-31-19-14-26-23(29-20(19)18-8-5-13-25-21(18)24)28-17-11-9-15(10-12-17)22(30)27-16-6-3-2-4-7-16/h2-14H,1H3,(H,27,30)(H,26,28,29). The summed E-state index contributed by atoms with van der Waals surface area (Å²) in [6, 6.07) is 19.5. The maximum absolute atomic E-state index is 14.2. The second-order valence-electron chi connectivity index (χ2n) is 6.47. The van der Waals surface area contributed by atoms with Gasteiger partial charge in [-0.05, 0) is 54.8 Å². The van der Waals surface area contributed by atoms with Crippen LogP contribution in [0.1, 0.15) is 10.4 Å². The van der Waals surface area contributed by atoms with E-state index in [4.69, 9.17) is 0 Å². The number of rotatable bonds is 6. The molecule has 31 heavy (non-hydrogen) atoms. The smallest absolute Gasteiger partial charge is 0.255 e. The van der Waals surface area contributed by atoms with Crippen molar-refractivity contribution < 1.29 is 9.18 Å². The van der Waals surface area contributed by atoms with Crippen LogP contribution in [0.15, 0.2) is 84.0 Å². The first kappa shape index (κ1) is 20.5. The minimum atomic E-state index is -0.587. The van der Waals surface area contributed by atoms with E-state index >= 15 is 0 Å². The molecule has 2 aromatic carbocycles. The van der Waals surface area contributed by atoms with Gasteiger partial charge in [0, 0.05) is 29.3 Å². The van der Waals surface area contributed by atoms with E-state index in [9.17, 15) is 9.18 Å². The summed E-state index contributed by atoms with van der Waals surface area (Å²) in [6.07, 6.45) is 4.92. The highest BCUT2D eigenvalue weighted by Crippen LogP contribution is 2.30. The topological polar surface area (TPSA) is 79.8 Å². The second kappa shape index (κ2) is 9.36. The number of nitrogens with zero attached hydrogens (tertiary/aromatic N) is 3. The number of pyridine rings is 1. The van der Waals surface area contributed by atoms with Gasteiger partial charge in [-0.2, -0.15) is 4.39 Å². The molecule has 0 saturated carbocycles. The minimum Gasteiger partial charge on any atom is -0.324 e. The van der Waals surface area contributed by atoms with Crippen molar-refractivity contribution in [2.24, 2.45) is 0 Å². The fourth-order valence-corrected chi connectivity index (χ4v) is 3.40. The van der Waals surface area contributed by atoms with Crippen molar-refractivity contribution in [2.45, 2.75) is 4.90 Å². The lowest BCUT2D eigenvalue weighted by Gasteiger charge is -2.11. The van der Waals surface area contributed by atoms with E-state index in [1.165, 1.54) is 18.0 Å². The first-order valence-corrected chi connectivity index (χ1v) is 10.6. The Bertz CT molecular complexity index is 1200. The van der Waals surface area contributed by atoms with E-state index in [1.54, 1.807) is 42.6 Å². The zero-order valence-corrected chi connectivity index (χ0v) is 17.4. The summed E-state index contributed by atoms with van der Waals surface area (Å²) in [6.45, 7) is 0. The molecule has 0 aliphatic heterocycles. The van der Waals surface area contributed by atoms with Gasteiger partial charge >= 0.3 is 0 Å². The molecule has 0 radical (unpaired) electrons. The van der Waals surface area contributed by atoms with Crippen LogP contribution in [-0.4, -0.2) is 27.1 Å². The molecule has 2 heterocycles. The van der Waals surface area contributed by atoms with Gasteiger partial charge in [0.25, 0.3) is 5.91 Å². The maximum Gasteiger partial charge on any atom is 0.255 e. The van der Waals surface area contributed by atoms with Crippen molar-refractivity contribution in [3.8, 4) is 11.3 Å². The average Bonchev–Trinajstić information content (AvgIpc) is 2.80. The summed E-state index contributed by atoms with van der Waals surface area (Å²) < 4.78 is 14.2. The molecule has 0 atom stereocenters. The Morgan fingerprint density at radius 1 is 0.935 bits per heavy atom. The maximum atomic E-state index is 14.2. The molecule has 0 aliphatic carbocycles. The summed E-state index contributed by atoms with van der Waals surface area (Å²) in [4.78, 5) is 25.6. The van der Waals surface area contributed by atoms with Gasteiger partial charge in [-0.3, -0.25) is 4.79 Å². The largest absolute Gasteiger partial charge is 0.324 e. The SMILES string of the molecule is CSc1cnc(Nc2ccc(C(=O)Nc3ccccc3)cc2)nc1-c1cccnc1F. The number of anilines is 3. The Kier molecular flexibility index (Phi) is 6.18. The Labute approximate surface area is 183 Å². The highest BCUT2D eigenvalue weighted by molar-refractivity contribution is 7.98. The predicted molar refractivity (Wildman–Crippen MR) is 121 cm³/mol. The van der Waals surface area contributed by atoms with Crippen molar-refractivity contribution in [3.05, 3.63) is 90.6 Å². The molecular weight excluding hydrogens is 413 g/mol. The number of amides is 1. The third-order valence-corrected chi connectivity index (χ3v) is 5.16. The molecule has 0 spiro atoms. The lowest BCUT2D eigenvalue weighted by atomic mass is 10.2. The average molecular weight is 431 g/mol. The Morgan fingerprint density at radius 3 is 2.42 bits per heavy atom. The number of para-hydroxylation sites is 1.